The van der Waals surface area contributed by atoms with Gasteiger partial charge < -0.3 is 9.47 Å². The van der Waals surface area contributed by atoms with Crippen molar-refractivity contribution in [1.82, 2.24) is 4.57 Å². The summed E-state index contributed by atoms with van der Waals surface area (Å²) in [5, 5.41) is 4.96. The zero-order valence-corrected chi connectivity index (χ0v) is 40.5. The van der Waals surface area contributed by atoms with Crippen molar-refractivity contribution in [3.63, 3.8) is 0 Å². The molecule has 0 N–H and O–H groups in total. The average Bonchev–Trinajstić information content (AvgIpc) is 4.16. The molecule has 0 fully saturated rings. The summed E-state index contributed by atoms with van der Waals surface area (Å²) in [5.41, 5.74) is 23.6. The molecule has 344 valence electrons. The molecule has 1 aliphatic heterocycles. The first-order valence-corrected chi connectivity index (χ1v) is 25.8. The van der Waals surface area contributed by atoms with E-state index in [0.29, 0.717) is 0 Å². The molecule has 0 amide bonds. The first kappa shape index (κ1) is 41.2. The van der Waals surface area contributed by atoms with Gasteiger partial charge in [0.25, 0.3) is 0 Å². The van der Waals surface area contributed by atoms with Crippen LogP contribution >= 0.6 is 0 Å². The average molecular weight is 939 g/mol. The summed E-state index contributed by atoms with van der Waals surface area (Å²) < 4.78 is 2.55. The lowest BCUT2D eigenvalue weighted by molar-refractivity contribution is 0.748. The van der Waals surface area contributed by atoms with Gasteiger partial charge in [-0.1, -0.05) is 231 Å². The monoisotopic (exact) mass is 938 g/mol. The van der Waals surface area contributed by atoms with E-state index in [1.807, 2.05) is 0 Å². The van der Waals surface area contributed by atoms with Gasteiger partial charge in [-0.05, 0) is 137 Å². The predicted octanol–water partition coefficient (Wildman–Crippen LogP) is 18.1. The van der Waals surface area contributed by atoms with Crippen molar-refractivity contribution in [3.05, 3.63) is 324 Å². The summed E-state index contributed by atoms with van der Waals surface area (Å²) in [6.07, 6.45) is 0. The maximum atomic E-state index is 2.55. The van der Waals surface area contributed by atoms with Crippen LogP contribution in [-0.2, 0) is 10.8 Å². The molecule has 3 aliphatic rings. The van der Waals surface area contributed by atoms with Crippen molar-refractivity contribution in [1.29, 1.82) is 0 Å². The van der Waals surface area contributed by atoms with Crippen molar-refractivity contribution in [2.75, 3.05) is 4.90 Å². The number of hydrogen-bond acceptors (Lipinski definition) is 1. The molecular formula is C72H46N2. The first-order valence-electron chi connectivity index (χ1n) is 25.8. The van der Waals surface area contributed by atoms with Crippen molar-refractivity contribution < 1.29 is 0 Å². The van der Waals surface area contributed by atoms with E-state index in [-0.39, 0.29) is 0 Å². The van der Waals surface area contributed by atoms with E-state index in [2.05, 4.69) is 289 Å². The highest BCUT2D eigenvalue weighted by Gasteiger charge is 2.51. The van der Waals surface area contributed by atoms with Gasteiger partial charge in [0.2, 0.25) is 0 Å². The number of para-hydroxylation sites is 2. The summed E-state index contributed by atoms with van der Waals surface area (Å²) in [4.78, 5) is 2.54. The predicted molar refractivity (Wildman–Crippen MR) is 307 cm³/mol. The summed E-state index contributed by atoms with van der Waals surface area (Å²) in [5.74, 6) is 0. The molecule has 2 aliphatic carbocycles. The molecule has 0 saturated carbocycles. The third kappa shape index (κ3) is 5.39. The zero-order valence-electron chi connectivity index (χ0n) is 40.5. The van der Waals surface area contributed by atoms with Crippen molar-refractivity contribution in [2.45, 2.75) is 10.8 Å². The van der Waals surface area contributed by atoms with Crippen molar-refractivity contribution in [2.24, 2.45) is 0 Å². The van der Waals surface area contributed by atoms with Crippen LogP contribution in [0.5, 0.6) is 0 Å². The highest BCUT2D eigenvalue weighted by atomic mass is 15.1. The first-order chi connectivity index (χ1) is 36.7. The molecule has 0 saturated heterocycles. The number of hydrogen-bond donors (Lipinski definition) is 0. The Kier molecular flexibility index (Phi) is 8.62. The largest absolute Gasteiger partial charge is 0.310 e. The van der Waals surface area contributed by atoms with E-state index in [4.69, 9.17) is 0 Å². The Bertz CT molecular complexity index is 4340. The van der Waals surface area contributed by atoms with Crippen LogP contribution in [0.1, 0.15) is 44.5 Å². The summed E-state index contributed by atoms with van der Waals surface area (Å²) in [7, 11) is 0. The quantitative estimate of drug-likeness (QED) is 0.161. The summed E-state index contributed by atoms with van der Waals surface area (Å²) in [6, 6.07) is 105. The third-order valence-corrected chi connectivity index (χ3v) is 16.8. The fraction of sp³-hybridized carbons (Fsp3) is 0.0278. The fourth-order valence-corrected chi connectivity index (χ4v) is 14.0. The van der Waals surface area contributed by atoms with Crippen LogP contribution in [0.15, 0.2) is 279 Å². The standard InChI is InChI=1S/C72H46N2/c1-3-22-49(23-4-1)71(50-24-5-2-6-25-50)62-32-13-9-29-58(62)59-43-42-52(45-66(59)71)73(51-40-38-48(39-41-51)55-31-19-21-47-20-7-8-26-54(47)55)53-44-61-60-30-12-17-36-68(60)74-69-37-18-16-35-65(69)72(67(46-53)70(61)74)63-33-14-10-27-56(63)57-28-11-15-34-64(57)72/h1-46H. The van der Waals surface area contributed by atoms with Crippen molar-refractivity contribution >= 4 is 49.6 Å². The molecule has 74 heavy (non-hydrogen) atoms. The van der Waals surface area contributed by atoms with Gasteiger partial charge in [-0.15, -0.1) is 0 Å². The zero-order chi connectivity index (χ0) is 48.5. The van der Waals surface area contributed by atoms with Gasteiger partial charge in [0.1, 0.15) is 0 Å². The van der Waals surface area contributed by atoms with E-state index in [1.54, 1.807) is 0 Å². The van der Waals surface area contributed by atoms with Gasteiger partial charge in [0.05, 0.1) is 27.6 Å². The Labute approximate surface area is 430 Å². The molecule has 0 bridgehead atoms. The van der Waals surface area contributed by atoms with E-state index in [9.17, 15) is 0 Å². The molecule has 12 aromatic carbocycles. The Morgan fingerprint density at radius 1 is 0.284 bits per heavy atom. The molecular weight excluding hydrogens is 893 g/mol. The number of rotatable bonds is 6. The second-order valence-electron chi connectivity index (χ2n) is 20.3. The molecule has 0 radical (unpaired) electrons. The second-order valence-corrected chi connectivity index (χ2v) is 20.3. The van der Waals surface area contributed by atoms with E-state index in [1.165, 1.54) is 116 Å². The number of nitrogens with zero attached hydrogens (tertiary/aromatic N) is 2. The van der Waals surface area contributed by atoms with Crippen LogP contribution in [-0.4, -0.2) is 4.57 Å². The van der Waals surface area contributed by atoms with Crippen molar-refractivity contribution in [3.8, 4) is 39.1 Å². The number of anilines is 3. The van der Waals surface area contributed by atoms with Crippen LogP contribution in [0.2, 0.25) is 0 Å². The van der Waals surface area contributed by atoms with Gasteiger partial charge in [0.15, 0.2) is 0 Å². The van der Waals surface area contributed by atoms with Gasteiger partial charge in [-0.2, -0.15) is 0 Å². The lowest BCUT2D eigenvalue weighted by Gasteiger charge is -2.40. The molecule has 1 spiro atoms. The summed E-state index contributed by atoms with van der Waals surface area (Å²) in [6.45, 7) is 0. The molecule has 13 aromatic rings. The molecule has 2 nitrogen and oxygen atoms in total. The molecule has 0 unspecified atom stereocenters. The van der Waals surface area contributed by atoms with Crippen LogP contribution < -0.4 is 4.90 Å². The van der Waals surface area contributed by atoms with Crippen LogP contribution in [0.4, 0.5) is 17.1 Å². The molecule has 0 atom stereocenters. The number of aromatic nitrogens is 1. The highest BCUT2D eigenvalue weighted by molar-refractivity contribution is 6.14. The second kappa shape index (κ2) is 15.5. The number of benzene rings is 12. The number of fused-ring (bicyclic) bond motifs is 16. The minimum atomic E-state index is -0.596. The van der Waals surface area contributed by atoms with Gasteiger partial charge in [0, 0.05) is 27.8 Å². The fourth-order valence-electron chi connectivity index (χ4n) is 14.0. The van der Waals surface area contributed by atoms with Gasteiger partial charge in [-0.3, -0.25) is 0 Å². The lowest BCUT2D eigenvalue weighted by atomic mass is 9.65. The molecule has 2 heteroatoms. The van der Waals surface area contributed by atoms with E-state index < -0.39 is 10.8 Å². The van der Waals surface area contributed by atoms with Crippen LogP contribution in [0.25, 0.3) is 71.6 Å². The highest BCUT2D eigenvalue weighted by Crippen LogP contribution is 2.63. The van der Waals surface area contributed by atoms with Crippen LogP contribution in [0, 0.1) is 0 Å². The SMILES string of the molecule is c1ccc(C2(c3ccccc3)c3ccccc3-c3ccc(N(c4ccc(-c5cccc6ccccc56)cc4)c4cc5c6c(c4)c4ccccc4n6-c4ccccc4C54c5ccccc5-c5ccccc54)cc32)cc1. The van der Waals surface area contributed by atoms with E-state index >= 15 is 0 Å². The molecule has 16 rings (SSSR count). The topological polar surface area (TPSA) is 8.17 Å². The minimum Gasteiger partial charge on any atom is -0.310 e. The third-order valence-electron chi connectivity index (χ3n) is 16.8. The Morgan fingerprint density at radius 3 is 1.47 bits per heavy atom. The smallest absolute Gasteiger partial charge is 0.0755 e. The Hall–Kier alpha value is -9.50. The minimum absolute atomic E-state index is 0.567. The van der Waals surface area contributed by atoms with Gasteiger partial charge >= 0.3 is 0 Å². The molecule has 1 aromatic heterocycles. The Balaban J connectivity index is 1.02. The maximum absolute atomic E-state index is 2.55. The Morgan fingerprint density at radius 2 is 0.784 bits per heavy atom. The lowest BCUT2D eigenvalue weighted by Crippen LogP contribution is -2.33. The van der Waals surface area contributed by atoms with Crippen LogP contribution in [0.3, 0.4) is 0 Å². The molecule has 2 heterocycles. The van der Waals surface area contributed by atoms with Gasteiger partial charge in [-0.25, -0.2) is 0 Å². The maximum Gasteiger partial charge on any atom is 0.0755 e. The summed E-state index contributed by atoms with van der Waals surface area (Å²) >= 11 is 0. The van der Waals surface area contributed by atoms with E-state index in [0.717, 1.165) is 17.1 Å². The normalized spacial score (nSPS) is 13.9.